The van der Waals surface area contributed by atoms with Gasteiger partial charge < -0.3 is 24.8 Å². The Morgan fingerprint density at radius 1 is 1.32 bits per heavy atom. The number of ether oxygens (including phenoxy) is 3. The third kappa shape index (κ3) is 3.96. The van der Waals surface area contributed by atoms with E-state index in [1.165, 1.54) is 20.3 Å². The molecule has 1 heterocycles. The predicted octanol–water partition coefficient (Wildman–Crippen LogP) is 2.82. The average Bonchev–Trinajstić information content (AvgIpc) is 2.58. The van der Waals surface area contributed by atoms with Crippen LogP contribution in [0.1, 0.15) is 18.5 Å². The summed E-state index contributed by atoms with van der Waals surface area (Å²) in [5, 5.41) is 5.32. The number of methoxy groups -OCH3 is 2. The van der Waals surface area contributed by atoms with Gasteiger partial charge in [-0.2, -0.15) is 0 Å². The smallest absolute Gasteiger partial charge is 0.338 e. The van der Waals surface area contributed by atoms with Crippen molar-refractivity contribution in [3.05, 3.63) is 46.1 Å². The van der Waals surface area contributed by atoms with Crippen molar-refractivity contribution in [3.63, 3.8) is 0 Å². The molecule has 8 heteroatoms. The largest absolute Gasteiger partial charge is 0.496 e. The molecule has 0 radical (unpaired) electrons. The van der Waals surface area contributed by atoms with Gasteiger partial charge in [0.1, 0.15) is 18.1 Å². The Kier molecular flexibility index (Phi) is 6.08. The van der Waals surface area contributed by atoms with Gasteiger partial charge in [0.2, 0.25) is 0 Å². The fourth-order valence-electron chi connectivity index (χ4n) is 2.52. The number of rotatable bonds is 6. The van der Waals surface area contributed by atoms with Crippen molar-refractivity contribution < 1.29 is 23.8 Å². The van der Waals surface area contributed by atoms with Crippen molar-refractivity contribution in [2.45, 2.75) is 13.0 Å². The molecule has 0 spiro atoms. The summed E-state index contributed by atoms with van der Waals surface area (Å²) in [4.78, 5) is 24.4. The number of esters is 1. The lowest BCUT2D eigenvalue weighted by Crippen LogP contribution is -2.45. The fraction of sp³-hybridized carbons (Fsp3) is 0.294. The maximum atomic E-state index is 12.5. The highest BCUT2D eigenvalue weighted by molar-refractivity contribution is 9.10. The van der Waals surface area contributed by atoms with E-state index in [2.05, 4.69) is 33.1 Å². The molecule has 1 atom stereocenters. The van der Waals surface area contributed by atoms with Crippen LogP contribution >= 0.6 is 15.9 Å². The van der Waals surface area contributed by atoms with Crippen molar-refractivity contribution >= 4 is 27.9 Å². The SMILES string of the molecule is C=CCOC(=O)C1=C(C)NC(=O)N[C@@H]1c1cc(OC)c(Br)cc1OC. The number of benzene rings is 1. The Bertz CT molecular complexity index is 745. The van der Waals surface area contributed by atoms with E-state index < -0.39 is 18.0 Å². The van der Waals surface area contributed by atoms with E-state index in [1.54, 1.807) is 19.1 Å². The molecule has 1 aromatic carbocycles. The maximum Gasteiger partial charge on any atom is 0.338 e. The second-order valence-electron chi connectivity index (χ2n) is 5.19. The second-order valence-corrected chi connectivity index (χ2v) is 6.04. The van der Waals surface area contributed by atoms with Gasteiger partial charge in [-0.25, -0.2) is 9.59 Å². The van der Waals surface area contributed by atoms with Crippen molar-refractivity contribution in [1.82, 2.24) is 10.6 Å². The van der Waals surface area contributed by atoms with Crippen LogP contribution in [0.3, 0.4) is 0 Å². The molecule has 7 nitrogen and oxygen atoms in total. The molecule has 0 aromatic heterocycles. The van der Waals surface area contributed by atoms with E-state index in [0.717, 1.165) is 0 Å². The first-order chi connectivity index (χ1) is 11.9. The Labute approximate surface area is 154 Å². The number of carbonyl (C=O) groups is 2. The molecule has 0 bridgehead atoms. The van der Waals surface area contributed by atoms with Gasteiger partial charge in [0.05, 0.1) is 30.3 Å². The van der Waals surface area contributed by atoms with Gasteiger partial charge >= 0.3 is 12.0 Å². The lowest BCUT2D eigenvalue weighted by molar-refractivity contribution is -0.138. The molecule has 134 valence electrons. The quantitative estimate of drug-likeness (QED) is 0.556. The number of nitrogens with one attached hydrogen (secondary N) is 2. The molecule has 25 heavy (non-hydrogen) atoms. The summed E-state index contributed by atoms with van der Waals surface area (Å²) in [7, 11) is 3.03. The highest BCUT2D eigenvalue weighted by atomic mass is 79.9. The molecular weight excluding hydrogens is 392 g/mol. The summed E-state index contributed by atoms with van der Waals surface area (Å²) in [6.45, 7) is 5.23. The number of carbonyl (C=O) groups excluding carboxylic acids is 2. The van der Waals surface area contributed by atoms with Crippen LogP contribution < -0.4 is 20.1 Å². The summed E-state index contributed by atoms with van der Waals surface area (Å²) in [5.41, 5.74) is 1.26. The second kappa shape index (κ2) is 8.06. The van der Waals surface area contributed by atoms with Gasteiger partial charge in [-0.3, -0.25) is 0 Å². The minimum Gasteiger partial charge on any atom is -0.496 e. The van der Waals surface area contributed by atoms with E-state index in [4.69, 9.17) is 14.2 Å². The van der Waals surface area contributed by atoms with Crippen molar-refractivity contribution in [3.8, 4) is 11.5 Å². The zero-order valence-corrected chi connectivity index (χ0v) is 15.7. The lowest BCUT2D eigenvalue weighted by Gasteiger charge is -2.29. The summed E-state index contributed by atoms with van der Waals surface area (Å²) >= 11 is 3.39. The normalized spacial score (nSPS) is 16.6. The number of urea groups is 1. The third-order valence-corrected chi connectivity index (χ3v) is 4.26. The van der Waals surface area contributed by atoms with Crippen LogP contribution in [-0.4, -0.2) is 32.8 Å². The van der Waals surface area contributed by atoms with Crippen LogP contribution in [-0.2, 0) is 9.53 Å². The average molecular weight is 411 g/mol. The Hall–Kier alpha value is -2.48. The summed E-state index contributed by atoms with van der Waals surface area (Å²) < 4.78 is 16.6. The van der Waals surface area contributed by atoms with Gasteiger partial charge in [0.25, 0.3) is 0 Å². The topological polar surface area (TPSA) is 85.9 Å². The first-order valence-corrected chi connectivity index (χ1v) is 8.19. The number of halogens is 1. The molecule has 2 N–H and O–H groups in total. The van der Waals surface area contributed by atoms with E-state index in [1.807, 2.05) is 0 Å². The van der Waals surface area contributed by atoms with Crippen LogP contribution in [0, 0.1) is 0 Å². The fourth-order valence-corrected chi connectivity index (χ4v) is 3.00. The van der Waals surface area contributed by atoms with E-state index in [0.29, 0.717) is 27.2 Å². The molecule has 1 aromatic rings. The molecule has 0 unspecified atom stereocenters. The summed E-state index contributed by atoms with van der Waals surface area (Å²) in [5.74, 6) is 0.473. The minimum atomic E-state index is -0.747. The molecule has 1 aliphatic heterocycles. The van der Waals surface area contributed by atoms with Crippen LogP contribution in [0.25, 0.3) is 0 Å². The van der Waals surface area contributed by atoms with Crippen molar-refractivity contribution in [2.75, 3.05) is 20.8 Å². The number of hydrogen-bond donors (Lipinski definition) is 2. The van der Waals surface area contributed by atoms with Gasteiger partial charge in [-0.1, -0.05) is 12.7 Å². The lowest BCUT2D eigenvalue weighted by atomic mass is 9.94. The first kappa shape index (κ1) is 18.9. The van der Waals surface area contributed by atoms with Gasteiger partial charge in [0, 0.05) is 11.3 Å². The maximum absolute atomic E-state index is 12.5. The molecular formula is C17H19BrN2O5. The van der Waals surface area contributed by atoms with Gasteiger partial charge in [-0.05, 0) is 35.0 Å². The Balaban J connectivity index is 2.57. The van der Waals surface area contributed by atoms with Crippen molar-refractivity contribution in [1.29, 1.82) is 0 Å². The number of allylic oxidation sites excluding steroid dienone is 1. The standard InChI is InChI=1S/C17H19BrN2O5/c1-5-6-25-16(21)14-9(2)19-17(22)20-15(14)10-7-13(24-4)11(18)8-12(10)23-3/h5,7-8,15H,1,6H2,2-4H3,(H2,19,20,22)/t15-/m1/s1. The number of hydrogen-bond acceptors (Lipinski definition) is 5. The van der Waals surface area contributed by atoms with Gasteiger partial charge in [-0.15, -0.1) is 0 Å². The monoisotopic (exact) mass is 410 g/mol. The Morgan fingerprint density at radius 3 is 2.60 bits per heavy atom. The highest BCUT2D eigenvalue weighted by Crippen LogP contribution is 2.39. The van der Waals surface area contributed by atoms with Crippen LogP contribution in [0.2, 0.25) is 0 Å². The van der Waals surface area contributed by atoms with Crippen molar-refractivity contribution in [2.24, 2.45) is 0 Å². The van der Waals surface area contributed by atoms with E-state index in [9.17, 15) is 9.59 Å². The van der Waals surface area contributed by atoms with Gasteiger partial charge in [0.15, 0.2) is 0 Å². The molecule has 2 rings (SSSR count). The molecule has 0 aliphatic carbocycles. The Morgan fingerprint density at radius 2 is 2.00 bits per heavy atom. The minimum absolute atomic E-state index is 0.0665. The molecule has 0 saturated carbocycles. The third-order valence-electron chi connectivity index (χ3n) is 3.64. The van der Waals surface area contributed by atoms with Crippen LogP contribution in [0.4, 0.5) is 4.79 Å². The zero-order valence-electron chi connectivity index (χ0n) is 14.1. The van der Waals surface area contributed by atoms with E-state index >= 15 is 0 Å². The van der Waals surface area contributed by atoms with Crippen LogP contribution in [0.15, 0.2) is 40.5 Å². The molecule has 0 fully saturated rings. The highest BCUT2D eigenvalue weighted by Gasteiger charge is 2.34. The molecule has 0 saturated heterocycles. The number of amides is 2. The predicted molar refractivity (Wildman–Crippen MR) is 95.5 cm³/mol. The molecule has 2 amide bonds. The zero-order chi connectivity index (χ0) is 18.6. The first-order valence-electron chi connectivity index (χ1n) is 7.40. The molecule has 1 aliphatic rings. The summed E-state index contributed by atoms with van der Waals surface area (Å²) in [6, 6.07) is 2.24. The van der Waals surface area contributed by atoms with Crippen LogP contribution in [0.5, 0.6) is 11.5 Å². The van der Waals surface area contributed by atoms with E-state index in [-0.39, 0.29) is 12.2 Å². The summed E-state index contributed by atoms with van der Waals surface area (Å²) in [6.07, 6.45) is 1.47.